The van der Waals surface area contributed by atoms with Gasteiger partial charge in [0.25, 0.3) is 11.5 Å². The van der Waals surface area contributed by atoms with Crippen LogP contribution >= 0.6 is 0 Å². The van der Waals surface area contributed by atoms with E-state index < -0.39 is 0 Å². The van der Waals surface area contributed by atoms with E-state index >= 15 is 0 Å². The maximum absolute atomic E-state index is 13.1. The Morgan fingerprint density at radius 1 is 1.07 bits per heavy atom. The highest BCUT2D eigenvalue weighted by Crippen LogP contribution is 2.31. The smallest absolute Gasteiger partial charge is 0.273 e. The molecule has 2 aromatic heterocycles. The Morgan fingerprint density at radius 3 is 2.70 bits per heavy atom. The highest BCUT2D eigenvalue weighted by molar-refractivity contribution is 5.92. The maximum Gasteiger partial charge on any atom is 0.273 e. The molecule has 2 aliphatic heterocycles. The van der Waals surface area contributed by atoms with Crippen molar-refractivity contribution in [3.63, 3.8) is 0 Å². The van der Waals surface area contributed by atoms with Crippen LogP contribution in [0, 0.1) is 0 Å². The Labute approximate surface area is 176 Å². The largest absolute Gasteiger partial charge is 0.327 e. The molecule has 30 heavy (non-hydrogen) atoms. The van der Waals surface area contributed by atoms with Gasteiger partial charge in [0.2, 0.25) is 0 Å². The van der Waals surface area contributed by atoms with Crippen molar-refractivity contribution in [1.29, 1.82) is 0 Å². The summed E-state index contributed by atoms with van der Waals surface area (Å²) in [6.45, 7) is 2.35. The van der Waals surface area contributed by atoms with Gasteiger partial charge < -0.3 is 9.88 Å². The molecule has 1 N–H and O–H groups in total. The average molecular weight is 408 g/mol. The van der Waals surface area contributed by atoms with Crippen LogP contribution in [0.4, 0.5) is 0 Å². The minimum atomic E-state index is -0.201. The second-order valence-corrected chi connectivity index (χ2v) is 8.76. The molecule has 4 heterocycles. The van der Waals surface area contributed by atoms with Crippen LogP contribution in [0.15, 0.2) is 29.2 Å². The third kappa shape index (κ3) is 3.67. The maximum atomic E-state index is 13.1. The molecule has 0 unspecified atom stereocenters. The van der Waals surface area contributed by atoms with Crippen molar-refractivity contribution in [3.8, 4) is 0 Å². The number of aromatic nitrogens is 3. The van der Waals surface area contributed by atoms with E-state index in [1.807, 2.05) is 17.0 Å². The molecular weight excluding hydrogens is 378 g/mol. The van der Waals surface area contributed by atoms with Crippen molar-refractivity contribution >= 4 is 5.91 Å². The molecule has 1 atom stereocenters. The summed E-state index contributed by atoms with van der Waals surface area (Å²) in [6, 6.07) is 5.81. The topological polar surface area (TPSA) is 82.2 Å². The number of rotatable bonds is 3. The number of H-pyrrole nitrogens is 1. The van der Waals surface area contributed by atoms with Crippen molar-refractivity contribution in [2.45, 2.75) is 70.0 Å². The number of pyridine rings is 1. The second kappa shape index (κ2) is 8.30. The van der Waals surface area contributed by atoms with Gasteiger partial charge in [-0.15, -0.1) is 0 Å². The van der Waals surface area contributed by atoms with Gasteiger partial charge >= 0.3 is 0 Å². The minimum absolute atomic E-state index is 0.0307. The molecule has 3 aliphatic rings. The first kappa shape index (κ1) is 19.4. The Balaban J connectivity index is 1.44. The van der Waals surface area contributed by atoms with E-state index in [0.717, 1.165) is 50.0 Å². The van der Waals surface area contributed by atoms with Gasteiger partial charge in [0, 0.05) is 37.4 Å². The SMILES string of the molecule is O=C(c1ccccn1)N1CCCC[C@H]1c1nc2c(c(=O)[nH]1)CCN(C1CCCC1)C2. The number of piperidine rings is 1. The van der Waals surface area contributed by atoms with E-state index in [4.69, 9.17) is 4.98 Å². The van der Waals surface area contributed by atoms with Gasteiger partial charge in [0.05, 0.1) is 11.7 Å². The van der Waals surface area contributed by atoms with Gasteiger partial charge in [-0.25, -0.2) is 4.98 Å². The van der Waals surface area contributed by atoms with Gasteiger partial charge in [0.1, 0.15) is 11.5 Å². The standard InChI is InChI=1S/C23H29N5O2/c29-22-17-11-14-27(16-7-1-2-8-16)15-19(17)25-21(26-22)20-10-4-6-13-28(20)23(30)18-9-3-5-12-24-18/h3,5,9,12,16,20H,1-2,4,6-8,10-11,13-15H2,(H,25,26,29)/t20-/m0/s1. The van der Waals surface area contributed by atoms with Crippen LogP contribution in [0.3, 0.4) is 0 Å². The van der Waals surface area contributed by atoms with Gasteiger partial charge in [0.15, 0.2) is 0 Å². The van der Waals surface area contributed by atoms with Crippen LogP contribution in [0.25, 0.3) is 0 Å². The number of nitrogens with zero attached hydrogens (tertiary/aromatic N) is 4. The number of amides is 1. The van der Waals surface area contributed by atoms with Crippen LogP contribution in [-0.4, -0.2) is 49.8 Å². The molecule has 1 saturated heterocycles. The minimum Gasteiger partial charge on any atom is -0.327 e. The normalized spacial score (nSPS) is 22.8. The number of hydrogen-bond donors (Lipinski definition) is 1. The molecule has 5 rings (SSSR count). The lowest BCUT2D eigenvalue weighted by atomic mass is 9.99. The van der Waals surface area contributed by atoms with E-state index in [1.54, 1.807) is 12.3 Å². The molecule has 0 aromatic carbocycles. The quantitative estimate of drug-likeness (QED) is 0.846. The highest BCUT2D eigenvalue weighted by Gasteiger charge is 2.33. The fourth-order valence-corrected chi connectivity index (χ4v) is 5.31. The van der Waals surface area contributed by atoms with E-state index in [-0.39, 0.29) is 17.5 Å². The van der Waals surface area contributed by atoms with Crippen LogP contribution in [-0.2, 0) is 13.0 Å². The van der Waals surface area contributed by atoms with Crippen LogP contribution in [0.2, 0.25) is 0 Å². The number of carbonyl (C=O) groups excluding carboxylic acids is 1. The number of hydrogen-bond acceptors (Lipinski definition) is 5. The summed E-state index contributed by atoms with van der Waals surface area (Å²) < 4.78 is 0. The van der Waals surface area contributed by atoms with Crippen molar-refractivity contribution in [2.24, 2.45) is 0 Å². The zero-order valence-electron chi connectivity index (χ0n) is 17.3. The fraction of sp³-hybridized carbons (Fsp3) is 0.565. The molecule has 7 heteroatoms. The van der Waals surface area contributed by atoms with Gasteiger partial charge in [-0.05, 0) is 50.7 Å². The molecule has 0 spiro atoms. The number of likely N-dealkylation sites (tertiary alicyclic amines) is 1. The predicted molar refractivity (Wildman–Crippen MR) is 113 cm³/mol. The van der Waals surface area contributed by atoms with Gasteiger partial charge in [-0.2, -0.15) is 0 Å². The highest BCUT2D eigenvalue weighted by atomic mass is 16.2. The second-order valence-electron chi connectivity index (χ2n) is 8.76. The summed E-state index contributed by atoms with van der Waals surface area (Å²) in [5.74, 6) is 0.546. The summed E-state index contributed by atoms with van der Waals surface area (Å²) in [7, 11) is 0. The summed E-state index contributed by atoms with van der Waals surface area (Å²) in [4.78, 5) is 42.5. The molecule has 7 nitrogen and oxygen atoms in total. The first-order chi connectivity index (χ1) is 14.7. The van der Waals surface area contributed by atoms with Crippen molar-refractivity contribution in [1.82, 2.24) is 24.8 Å². The lowest BCUT2D eigenvalue weighted by Crippen LogP contribution is -2.43. The van der Waals surface area contributed by atoms with E-state index in [1.165, 1.54) is 25.7 Å². The predicted octanol–water partition coefficient (Wildman–Crippen LogP) is 2.83. The summed E-state index contributed by atoms with van der Waals surface area (Å²) >= 11 is 0. The molecule has 1 aliphatic carbocycles. The number of carbonyl (C=O) groups is 1. The van der Waals surface area contributed by atoms with Crippen molar-refractivity contribution in [3.05, 3.63) is 57.5 Å². The Hall–Kier alpha value is -2.54. The lowest BCUT2D eigenvalue weighted by Gasteiger charge is -2.36. The number of aromatic amines is 1. The molecule has 1 saturated carbocycles. The zero-order valence-corrected chi connectivity index (χ0v) is 17.3. The summed E-state index contributed by atoms with van der Waals surface area (Å²) in [5, 5.41) is 0. The fourth-order valence-electron chi connectivity index (χ4n) is 5.31. The number of fused-ring (bicyclic) bond motifs is 1. The summed E-state index contributed by atoms with van der Waals surface area (Å²) in [6.07, 6.45) is 10.3. The van der Waals surface area contributed by atoms with E-state index in [0.29, 0.717) is 24.1 Å². The third-order valence-corrected chi connectivity index (χ3v) is 6.93. The Morgan fingerprint density at radius 2 is 1.90 bits per heavy atom. The number of nitrogens with one attached hydrogen (secondary N) is 1. The monoisotopic (exact) mass is 407 g/mol. The van der Waals surface area contributed by atoms with Gasteiger partial charge in [-0.3, -0.25) is 19.5 Å². The van der Waals surface area contributed by atoms with E-state index in [9.17, 15) is 9.59 Å². The molecule has 2 aromatic rings. The van der Waals surface area contributed by atoms with Crippen LogP contribution < -0.4 is 5.56 Å². The van der Waals surface area contributed by atoms with Crippen molar-refractivity contribution < 1.29 is 4.79 Å². The summed E-state index contributed by atoms with van der Waals surface area (Å²) in [5.41, 5.74) is 2.14. The third-order valence-electron chi connectivity index (χ3n) is 6.93. The Kier molecular flexibility index (Phi) is 5.37. The first-order valence-electron chi connectivity index (χ1n) is 11.3. The first-order valence-corrected chi connectivity index (χ1v) is 11.3. The van der Waals surface area contributed by atoms with Crippen LogP contribution in [0.1, 0.15) is 78.6 Å². The van der Waals surface area contributed by atoms with Crippen molar-refractivity contribution in [2.75, 3.05) is 13.1 Å². The molecule has 2 fully saturated rings. The molecule has 1 amide bonds. The average Bonchev–Trinajstić information content (AvgIpc) is 3.34. The molecule has 158 valence electrons. The van der Waals surface area contributed by atoms with Gasteiger partial charge in [-0.1, -0.05) is 18.9 Å². The molecule has 0 radical (unpaired) electrons. The Bertz CT molecular complexity index is 967. The van der Waals surface area contributed by atoms with Crippen LogP contribution in [0.5, 0.6) is 0 Å². The zero-order chi connectivity index (χ0) is 20.5. The molecule has 0 bridgehead atoms. The lowest BCUT2D eigenvalue weighted by molar-refractivity contribution is 0.0592. The van der Waals surface area contributed by atoms with E-state index in [2.05, 4.69) is 14.9 Å². The molecular formula is C23H29N5O2.